The van der Waals surface area contributed by atoms with Crippen molar-refractivity contribution in [3.63, 3.8) is 0 Å². The van der Waals surface area contributed by atoms with E-state index in [0.717, 1.165) is 29.5 Å². The Kier molecular flexibility index (Phi) is 2.79. The molecule has 0 radical (unpaired) electrons. The fourth-order valence-electron chi connectivity index (χ4n) is 3.04. The van der Waals surface area contributed by atoms with Gasteiger partial charge < -0.3 is 4.98 Å². The highest BCUT2D eigenvalue weighted by atomic mass is 16.1. The van der Waals surface area contributed by atoms with Crippen molar-refractivity contribution in [1.29, 1.82) is 0 Å². The van der Waals surface area contributed by atoms with Crippen LogP contribution in [0.4, 0.5) is 0 Å². The van der Waals surface area contributed by atoms with Crippen LogP contribution in [0.25, 0.3) is 16.6 Å². The van der Waals surface area contributed by atoms with Crippen molar-refractivity contribution in [2.75, 3.05) is 0 Å². The van der Waals surface area contributed by atoms with Gasteiger partial charge in [0.05, 0.1) is 0 Å². The fraction of sp³-hybridized carbons (Fsp3) is 0.222. The largest absolute Gasteiger partial charge is 0.356 e. The molecule has 2 aromatic heterocycles. The fourth-order valence-corrected chi connectivity index (χ4v) is 3.04. The average molecular weight is 292 g/mol. The third-order valence-corrected chi connectivity index (χ3v) is 4.30. The molecule has 4 rings (SSSR count). The minimum atomic E-state index is -0.113. The molecule has 2 heterocycles. The van der Waals surface area contributed by atoms with Crippen LogP contribution in [0.2, 0.25) is 0 Å². The Morgan fingerprint density at radius 3 is 2.59 bits per heavy atom. The van der Waals surface area contributed by atoms with Gasteiger partial charge in [-0.25, -0.2) is 0 Å². The maximum Gasteiger partial charge on any atom is 0.279 e. The number of carbonyl (C=O) groups excluding carboxylic acids is 1. The van der Waals surface area contributed by atoms with E-state index in [-0.39, 0.29) is 11.3 Å². The maximum absolute atomic E-state index is 12.8. The van der Waals surface area contributed by atoms with E-state index in [1.807, 2.05) is 36.5 Å². The quantitative estimate of drug-likeness (QED) is 0.752. The molecule has 4 heteroatoms. The lowest BCUT2D eigenvalue weighted by Crippen LogP contribution is -2.19. The Morgan fingerprint density at radius 2 is 1.95 bits per heavy atom. The molecule has 0 unspecified atom stereocenters. The van der Waals surface area contributed by atoms with E-state index in [9.17, 15) is 9.59 Å². The Hall–Kier alpha value is -2.62. The molecular weight excluding hydrogens is 276 g/mol. The summed E-state index contributed by atoms with van der Waals surface area (Å²) in [6.07, 6.45) is 5.81. The lowest BCUT2D eigenvalue weighted by atomic mass is 10.0. The van der Waals surface area contributed by atoms with Crippen LogP contribution in [0.15, 0.2) is 47.5 Å². The van der Waals surface area contributed by atoms with Gasteiger partial charge in [0.25, 0.3) is 5.56 Å². The molecule has 110 valence electrons. The lowest BCUT2D eigenvalue weighted by molar-refractivity contribution is 0.101. The summed E-state index contributed by atoms with van der Waals surface area (Å²) < 4.78 is 1.68. The second kappa shape index (κ2) is 4.70. The first-order valence-electron chi connectivity index (χ1n) is 7.50. The van der Waals surface area contributed by atoms with E-state index in [1.165, 1.54) is 0 Å². The summed E-state index contributed by atoms with van der Waals surface area (Å²) in [5.41, 5.74) is 2.98. The van der Waals surface area contributed by atoms with Gasteiger partial charge in [-0.2, -0.15) is 0 Å². The maximum atomic E-state index is 12.8. The first kappa shape index (κ1) is 13.1. The van der Waals surface area contributed by atoms with Crippen LogP contribution in [-0.2, 0) is 0 Å². The number of benzene rings is 1. The molecule has 1 saturated carbocycles. The van der Waals surface area contributed by atoms with Crippen molar-refractivity contribution in [1.82, 2.24) is 9.55 Å². The minimum absolute atomic E-state index is 0.00925. The highest BCUT2D eigenvalue weighted by Gasteiger charge is 2.29. The number of H-pyrrole nitrogens is 1. The highest BCUT2D eigenvalue weighted by Crippen LogP contribution is 2.43. The molecule has 0 bridgehead atoms. The number of hydrogen-bond donors (Lipinski definition) is 1. The molecule has 4 nitrogen and oxygen atoms in total. The number of hydrogen-bond acceptors (Lipinski definition) is 2. The first-order valence-corrected chi connectivity index (χ1v) is 7.50. The number of carbonyl (C=O) groups is 1. The molecule has 0 saturated heterocycles. The predicted octanol–water partition coefficient (Wildman–Crippen LogP) is 3.40. The molecule has 0 amide bonds. The van der Waals surface area contributed by atoms with Crippen molar-refractivity contribution < 1.29 is 4.79 Å². The van der Waals surface area contributed by atoms with Gasteiger partial charge in [0, 0.05) is 29.0 Å². The molecule has 1 N–H and O–H groups in total. The summed E-state index contributed by atoms with van der Waals surface area (Å²) in [4.78, 5) is 27.7. The first-order chi connectivity index (χ1) is 10.7. The summed E-state index contributed by atoms with van der Waals surface area (Å²) in [5.74, 6) is 0.442. The zero-order chi connectivity index (χ0) is 15.3. The summed E-state index contributed by atoms with van der Waals surface area (Å²) >= 11 is 0. The third kappa shape index (κ3) is 1.91. The number of aromatic nitrogens is 2. The lowest BCUT2D eigenvalue weighted by Gasteiger charge is -2.10. The number of nitrogens with one attached hydrogen (secondary N) is 1. The average Bonchev–Trinajstić information content (AvgIpc) is 3.26. The summed E-state index contributed by atoms with van der Waals surface area (Å²) in [5, 5.41) is 0.812. The molecule has 0 spiro atoms. The third-order valence-electron chi connectivity index (χ3n) is 4.30. The Bertz CT molecular complexity index is 931. The number of para-hydroxylation sites is 1. The van der Waals surface area contributed by atoms with Crippen molar-refractivity contribution in [3.8, 4) is 5.69 Å². The molecule has 22 heavy (non-hydrogen) atoms. The molecule has 1 aliphatic rings. The molecule has 3 aromatic rings. The number of fused-ring (bicyclic) bond motifs is 1. The van der Waals surface area contributed by atoms with E-state index >= 15 is 0 Å². The number of Topliss-reactive ketones (excluding diaryl/α,β-unsaturated/α-hetero) is 1. The number of nitrogens with zero attached hydrogens (tertiary/aromatic N) is 1. The SMILES string of the molecule is CC(=O)c1c[nH]c2c(=O)n(-c3ccccc3)cc(C3CC3)c12. The van der Waals surface area contributed by atoms with Gasteiger partial charge in [-0.05, 0) is 43.4 Å². The van der Waals surface area contributed by atoms with Gasteiger partial charge in [0.2, 0.25) is 0 Å². The van der Waals surface area contributed by atoms with Crippen LogP contribution in [0.3, 0.4) is 0 Å². The topological polar surface area (TPSA) is 54.9 Å². The van der Waals surface area contributed by atoms with Crippen LogP contribution >= 0.6 is 0 Å². The Balaban J connectivity index is 2.08. The normalized spacial score (nSPS) is 14.4. The van der Waals surface area contributed by atoms with Gasteiger partial charge in [-0.3, -0.25) is 14.2 Å². The van der Waals surface area contributed by atoms with Crippen LogP contribution < -0.4 is 5.56 Å². The van der Waals surface area contributed by atoms with Gasteiger partial charge >= 0.3 is 0 Å². The second-order valence-electron chi connectivity index (χ2n) is 5.88. The van der Waals surface area contributed by atoms with Crippen LogP contribution in [0.5, 0.6) is 0 Å². The highest BCUT2D eigenvalue weighted by molar-refractivity contribution is 6.08. The van der Waals surface area contributed by atoms with E-state index in [1.54, 1.807) is 17.7 Å². The smallest absolute Gasteiger partial charge is 0.279 e. The van der Waals surface area contributed by atoms with E-state index in [0.29, 0.717) is 17.0 Å². The number of aromatic amines is 1. The predicted molar refractivity (Wildman–Crippen MR) is 85.9 cm³/mol. The van der Waals surface area contributed by atoms with E-state index in [2.05, 4.69) is 4.98 Å². The van der Waals surface area contributed by atoms with Crippen LogP contribution in [-0.4, -0.2) is 15.3 Å². The van der Waals surface area contributed by atoms with Gasteiger partial charge in [-0.1, -0.05) is 18.2 Å². The number of pyridine rings is 1. The molecule has 0 atom stereocenters. The van der Waals surface area contributed by atoms with Crippen LogP contribution in [0.1, 0.15) is 41.6 Å². The van der Waals surface area contributed by atoms with Crippen LogP contribution in [0, 0.1) is 0 Å². The van der Waals surface area contributed by atoms with E-state index < -0.39 is 0 Å². The van der Waals surface area contributed by atoms with Gasteiger partial charge in [-0.15, -0.1) is 0 Å². The second-order valence-corrected chi connectivity index (χ2v) is 5.88. The molecule has 1 aliphatic carbocycles. The number of ketones is 1. The zero-order valence-corrected chi connectivity index (χ0v) is 12.3. The van der Waals surface area contributed by atoms with Crippen molar-refractivity contribution in [3.05, 3.63) is 64.2 Å². The van der Waals surface area contributed by atoms with Crippen molar-refractivity contribution in [2.24, 2.45) is 0 Å². The van der Waals surface area contributed by atoms with Gasteiger partial charge in [0.15, 0.2) is 5.78 Å². The minimum Gasteiger partial charge on any atom is -0.356 e. The van der Waals surface area contributed by atoms with Gasteiger partial charge in [0.1, 0.15) is 5.52 Å². The summed E-state index contributed by atoms with van der Waals surface area (Å²) in [6, 6.07) is 9.59. The Morgan fingerprint density at radius 1 is 1.23 bits per heavy atom. The van der Waals surface area contributed by atoms with Crippen molar-refractivity contribution in [2.45, 2.75) is 25.7 Å². The van der Waals surface area contributed by atoms with Crippen molar-refractivity contribution >= 4 is 16.7 Å². The molecule has 0 aliphatic heterocycles. The zero-order valence-electron chi connectivity index (χ0n) is 12.3. The standard InChI is InChI=1S/C18H16N2O2/c1-11(21)14-9-19-17-16(14)15(12-7-8-12)10-20(18(17)22)13-5-3-2-4-6-13/h2-6,9-10,12,19H,7-8H2,1H3. The number of rotatable bonds is 3. The summed E-state index contributed by atoms with van der Waals surface area (Å²) in [7, 11) is 0. The monoisotopic (exact) mass is 292 g/mol. The Labute approximate surface area is 127 Å². The molecular formula is C18H16N2O2. The summed E-state index contributed by atoms with van der Waals surface area (Å²) in [6.45, 7) is 1.54. The molecule has 1 aromatic carbocycles. The molecule has 1 fully saturated rings. The van der Waals surface area contributed by atoms with E-state index in [4.69, 9.17) is 0 Å².